The first-order valence-electron chi connectivity index (χ1n) is 7.34. The molecule has 5 nitrogen and oxygen atoms in total. The van der Waals surface area contributed by atoms with Gasteiger partial charge < -0.3 is 14.7 Å². The van der Waals surface area contributed by atoms with Crippen LogP contribution in [-0.2, 0) is 4.74 Å². The van der Waals surface area contributed by atoms with Gasteiger partial charge in [0.15, 0.2) is 0 Å². The van der Waals surface area contributed by atoms with Crippen molar-refractivity contribution < 1.29 is 14.6 Å². The minimum Gasteiger partial charge on any atom is -0.480 e. The number of amides is 1. The Bertz CT molecular complexity index is 864. The molecule has 0 fully saturated rings. The predicted molar refractivity (Wildman–Crippen MR) is 85.7 cm³/mol. The molecule has 0 aromatic heterocycles. The normalized spacial score (nSPS) is 17.7. The Morgan fingerprint density at radius 3 is 2.61 bits per heavy atom. The predicted octanol–water partition coefficient (Wildman–Crippen LogP) is 3.30. The molecule has 1 aliphatic heterocycles. The van der Waals surface area contributed by atoms with E-state index < -0.39 is 12.0 Å². The first kappa shape index (κ1) is 14.9. The SMILES string of the molecule is CCO/C(O)=C(/C#N)C1c2cc3ccccc3cc2C(=O)N1C. The summed E-state index contributed by atoms with van der Waals surface area (Å²) in [6.07, 6.45) is 0. The van der Waals surface area contributed by atoms with Gasteiger partial charge in [0.25, 0.3) is 11.9 Å². The molecule has 0 radical (unpaired) electrons. The number of nitriles is 1. The van der Waals surface area contributed by atoms with Crippen LogP contribution in [0, 0.1) is 11.3 Å². The molecule has 0 bridgehead atoms. The average Bonchev–Trinajstić information content (AvgIpc) is 2.79. The van der Waals surface area contributed by atoms with Crippen molar-refractivity contribution >= 4 is 16.7 Å². The quantitative estimate of drug-likeness (QED) is 0.697. The van der Waals surface area contributed by atoms with Crippen molar-refractivity contribution in [3.8, 4) is 6.07 Å². The fourth-order valence-electron chi connectivity index (χ4n) is 2.97. The number of rotatable bonds is 3. The van der Waals surface area contributed by atoms with E-state index in [2.05, 4.69) is 0 Å². The summed E-state index contributed by atoms with van der Waals surface area (Å²) >= 11 is 0. The molecule has 1 unspecified atom stereocenters. The topological polar surface area (TPSA) is 73.6 Å². The summed E-state index contributed by atoms with van der Waals surface area (Å²) in [5.74, 6) is -0.603. The number of carbonyl (C=O) groups is 1. The standard InChI is InChI=1S/C18H16N2O3/c1-3-23-18(22)15(10-19)16-13-8-11-6-4-5-7-12(11)9-14(13)17(21)20(16)2/h4-9,16,22H,3H2,1-2H3/b18-15-. The van der Waals surface area contributed by atoms with E-state index in [1.54, 1.807) is 14.0 Å². The number of aliphatic hydroxyl groups excluding tert-OH is 1. The summed E-state index contributed by atoms with van der Waals surface area (Å²) in [4.78, 5) is 14.0. The maximum Gasteiger partial charge on any atom is 0.293 e. The fourth-order valence-corrected chi connectivity index (χ4v) is 2.97. The lowest BCUT2D eigenvalue weighted by Gasteiger charge is -2.20. The van der Waals surface area contributed by atoms with E-state index in [1.807, 2.05) is 42.5 Å². The molecule has 116 valence electrons. The third-order valence-electron chi connectivity index (χ3n) is 4.06. The second-order valence-corrected chi connectivity index (χ2v) is 5.37. The maximum absolute atomic E-state index is 12.5. The molecule has 3 rings (SSSR count). The number of hydrogen-bond donors (Lipinski definition) is 1. The van der Waals surface area contributed by atoms with Gasteiger partial charge in [0.1, 0.15) is 17.7 Å². The highest BCUT2D eigenvalue weighted by atomic mass is 16.6. The van der Waals surface area contributed by atoms with Gasteiger partial charge >= 0.3 is 0 Å². The smallest absolute Gasteiger partial charge is 0.293 e. The summed E-state index contributed by atoms with van der Waals surface area (Å²) in [5.41, 5.74) is 1.30. The molecular formula is C18H16N2O3. The number of nitrogens with zero attached hydrogens (tertiary/aromatic N) is 2. The number of carbonyl (C=O) groups excluding carboxylic acids is 1. The maximum atomic E-state index is 12.5. The van der Waals surface area contributed by atoms with E-state index in [0.717, 1.165) is 10.8 Å². The van der Waals surface area contributed by atoms with Crippen LogP contribution in [0.4, 0.5) is 0 Å². The molecule has 1 atom stereocenters. The van der Waals surface area contributed by atoms with E-state index in [4.69, 9.17) is 4.74 Å². The third-order valence-corrected chi connectivity index (χ3v) is 4.06. The first-order chi connectivity index (χ1) is 11.1. The molecule has 0 aliphatic carbocycles. The molecule has 5 heteroatoms. The lowest BCUT2D eigenvalue weighted by atomic mass is 9.95. The number of benzene rings is 2. The van der Waals surface area contributed by atoms with Gasteiger partial charge in [0.2, 0.25) is 0 Å². The molecule has 1 amide bonds. The van der Waals surface area contributed by atoms with Crippen LogP contribution in [0.25, 0.3) is 10.8 Å². The van der Waals surface area contributed by atoms with Gasteiger partial charge in [-0.3, -0.25) is 4.79 Å². The number of fused-ring (bicyclic) bond motifs is 2. The zero-order chi connectivity index (χ0) is 16.6. The van der Waals surface area contributed by atoms with Crippen LogP contribution in [0.1, 0.15) is 28.9 Å². The average molecular weight is 308 g/mol. The van der Waals surface area contributed by atoms with Gasteiger partial charge in [-0.2, -0.15) is 5.26 Å². The largest absolute Gasteiger partial charge is 0.480 e. The Hall–Kier alpha value is -3.00. The number of aliphatic hydroxyl groups is 1. The van der Waals surface area contributed by atoms with Crippen molar-refractivity contribution in [2.24, 2.45) is 0 Å². The van der Waals surface area contributed by atoms with Crippen LogP contribution < -0.4 is 0 Å². The highest BCUT2D eigenvalue weighted by Crippen LogP contribution is 2.40. The summed E-state index contributed by atoms with van der Waals surface area (Å²) in [5, 5.41) is 21.4. The first-order valence-corrected chi connectivity index (χ1v) is 7.34. The highest BCUT2D eigenvalue weighted by molar-refractivity contribution is 6.03. The summed E-state index contributed by atoms with van der Waals surface area (Å²) in [6.45, 7) is 1.96. The highest BCUT2D eigenvalue weighted by Gasteiger charge is 2.39. The van der Waals surface area contributed by atoms with Gasteiger partial charge in [-0.05, 0) is 35.4 Å². The van der Waals surface area contributed by atoms with Crippen LogP contribution in [-0.4, -0.2) is 29.6 Å². The van der Waals surface area contributed by atoms with Crippen LogP contribution in [0.5, 0.6) is 0 Å². The zero-order valence-electron chi connectivity index (χ0n) is 12.9. The summed E-state index contributed by atoms with van der Waals surface area (Å²) in [6, 6.07) is 12.8. The van der Waals surface area contributed by atoms with E-state index in [0.29, 0.717) is 11.1 Å². The molecule has 1 N–H and O–H groups in total. The number of ether oxygens (including phenoxy) is 1. The van der Waals surface area contributed by atoms with Crippen LogP contribution in [0.3, 0.4) is 0 Å². The Kier molecular flexibility index (Phi) is 3.67. The Labute approximate surface area is 134 Å². The molecule has 0 saturated heterocycles. The van der Waals surface area contributed by atoms with E-state index in [9.17, 15) is 15.2 Å². The molecule has 1 aliphatic rings. The molecule has 2 aromatic carbocycles. The molecule has 0 spiro atoms. The Morgan fingerprint density at radius 2 is 2.00 bits per heavy atom. The molecule has 0 saturated carbocycles. The fraction of sp³-hybridized carbons (Fsp3) is 0.222. The van der Waals surface area contributed by atoms with Crippen molar-refractivity contribution in [3.63, 3.8) is 0 Å². The minimum atomic E-state index is -0.640. The van der Waals surface area contributed by atoms with Crippen LogP contribution in [0.15, 0.2) is 47.9 Å². The second-order valence-electron chi connectivity index (χ2n) is 5.37. The zero-order valence-corrected chi connectivity index (χ0v) is 12.9. The van der Waals surface area contributed by atoms with Gasteiger partial charge in [-0.25, -0.2) is 0 Å². The molecule has 1 heterocycles. The van der Waals surface area contributed by atoms with Crippen molar-refractivity contribution in [2.45, 2.75) is 13.0 Å². The van der Waals surface area contributed by atoms with Crippen LogP contribution in [0.2, 0.25) is 0 Å². The monoisotopic (exact) mass is 308 g/mol. The lowest BCUT2D eigenvalue weighted by Crippen LogP contribution is -2.25. The molecular weight excluding hydrogens is 292 g/mol. The lowest BCUT2D eigenvalue weighted by molar-refractivity contribution is 0.0760. The van der Waals surface area contributed by atoms with Gasteiger partial charge in [0, 0.05) is 12.6 Å². The van der Waals surface area contributed by atoms with Crippen molar-refractivity contribution in [1.82, 2.24) is 4.90 Å². The van der Waals surface area contributed by atoms with E-state index in [1.165, 1.54) is 4.90 Å². The summed E-state index contributed by atoms with van der Waals surface area (Å²) < 4.78 is 5.07. The Morgan fingerprint density at radius 1 is 1.35 bits per heavy atom. The minimum absolute atomic E-state index is 0.0386. The second kappa shape index (κ2) is 5.65. The van der Waals surface area contributed by atoms with Gasteiger partial charge in [-0.15, -0.1) is 0 Å². The van der Waals surface area contributed by atoms with E-state index >= 15 is 0 Å². The van der Waals surface area contributed by atoms with Crippen molar-refractivity contribution in [3.05, 3.63) is 59.0 Å². The molecule has 2 aromatic rings. The third kappa shape index (κ3) is 2.29. The van der Waals surface area contributed by atoms with Crippen molar-refractivity contribution in [2.75, 3.05) is 13.7 Å². The van der Waals surface area contributed by atoms with Crippen molar-refractivity contribution in [1.29, 1.82) is 5.26 Å². The van der Waals surface area contributed by atoms with Gasteiger partial charge in [0.05, 0.1) is 6.61 Å². The van der Waals surface area contributed by atoms with Crippen LogP contribution >= 0.6 is 0 Å². The number of hydrogen-bond acceptors (Lipinski definition) is 4. The van der Waals surface area contributed by atoms with Gasteiger partial charge in [-0.1, -0.05) is 24.3 Å². The summed E-state index contributed by atoms with van der Waals surface area (Å²) in [7, 11) is 1.62. The molecule has 23 heavy (non-hydrogen) atoms. The van der Waals surface area contributed by atoms with E-state index in [-0.39, 0.29) is 18.1 Å². The number of likely N-dealkylation sites (N-methyl/N-ethyl adjacent to an activating group) is 1. The Balaban J connectivity index is 2.22.